The van der Waals surface area contributed by atoms with Crippen molar-refractivity contribution in [3.63, 3.8) is 0 Å². The van der Waals surface area contributed by atoms with Crippen LogP contribution in [0.25, 0.3) is 0 Å². The monoisotopic (exact) mass is 247 g/mol. The molecule has 1 aliphatic rings. The molecule has 2 nitrogen and oxygen atoms in total. The van der Waals surface area contributed by atoms with Gasteiger partial charge in [0.25, 0.3) is 0 Å². The van der Waals surface area contributed by atoms with Crippen molar-refractivity contribution in [2.45, 2.75) is 56.9 Å². The van der Waals surface area contributed by atoms with E-state index in [1.807, 2.05) is 7.05 Å². The first-order chi connectivity index (χ1) is 7.50. The maximum atomic E-state index is 10.8. The Morgan fingerprint density at radius 3 is 2.31 bits per heavy atom. The minimum atomic E-state index is -0.514. The SMILES string of the molecule is CNCCC(O)(C(C)C)C1CCC(Cl)CC1. The fourth-order valence-corrected chi connectivity index (χ4v) is 3.09. The Morgan fingerprint density at radius 2 is 1.88 bits per heavy atom. The quantitative estimate of drug-likeness (QED) is 0.733. The molecule has 2 N–H and O–H groups in total. The highest BCUT2D eigenvalue weighted by Crippen LogP contribution is 2.40. The number of alkyl halides is 1. The molecular formula is C13H26ClNO. The van der Waals surface area contributed by atoms with E-state index in [1.54, 1.807) is 0 Å². The average molecular weight is 248 g/mol. The van der Waals surface area contributed by atoms with Crippen molar-refractivity contribution in [3.05, 3.63) is 0 Å². The average Bonchev–Trinajstić information content (AvgIpc) is 2.26. The smallest absolute Gasteiger partial charge is 0.0710 e. The number of halogens is 1. The van der Waals surface area contributed by atoms with Gasteiger partial charge in [0.2, 0.25) is 0 Å². The van der Waals surface area contributed by atoms with E-state index in [-0.39, 0.29) is 0 Å². The molecule has 0 bridgehead atoms. The number of nitrogens with one attached hydrogen (secondary N) is 1. The number of hydrogen-bond donors (Lipinski definition) is 2. The third-order valence-electron chi connectivity index (χ3n) is 4.14. The number of hydrogen-bond acceptors (Lipinski definition) is 2. The summed E-state index contributed by atoms with van der Waals surface area (Å²) >= 11 is 6.12. The van der Waals surface area contributed by atoms with Crippen LogP contribution in [0.4, 0.5) is 0 Å². The highest BCUT2D eigenvalue weighted by Gasteiger charge is 2.40. The molecule has 1 aliphatic carbocycles. The summed E-state index contributed by atoms with van der Waals surface area (Å²) in [5.41, 5.74) is -0.514. The summed E-state index contributed by atoms with van der Waals surface area (Å²) in [4.78, 5) is 0. The van der Waals surface area contributed by atoms with Crippen molar-refractivity contribution in [2.24, 2.45) is 11.8 Å². The van der Waals surface area contributed by atoms with E-state index in [2.05, 4.69) is 19.2 Å². The van der Waals surface area contributed by atoms with Crippen LogP contribution in [0.15, 0.2) is 0 Å². The van der Waals surface area contributed by atoms with Crippen LogP contribution in [0.2, 0.25) is 0 Å². The Balaban J connectivity index is 2.61. The lowest BCUT2D eigenvalue weighted by atomic mass is 9.70. The van der Waals surface area contributed by atoms with Gasteiger partial charge < -0.3 is 10.4 Å². The van der Waals surface area contributed by atoms with E-state index in [0.29, 0.717) is 17.2 Å². The van der Waals surface area contributed by atoms with E-state index >= 15 is 0 Å². The predicted molar refractivity (Wildman–Crippen MR) is 69.9 cm³/mol. The molecule has 0 saturated heterocycles. The first-order valence-corrected chi connectivity index (χ1v) is 6.95. The molecule has 0 amide bonds. The molecular weight excluding hydrogens is 222 g/mol. The zero-order chi connectivity index (χ0) is 12.2. The summed E-state index contributed by atoms with van der Waals surface area (Å²) in [6.45, 7) is 5.14. The van der Waals surface area contributed by atoms with Gasteiger partial charge in [-0.05, 0) is 57.5 Å². The van der Waals surface area contributed by atoms with E-state index < -0.39 is 5.60 Å². The van der Waals surface area contributed by atoms with Crippen molar-refractivity contribution in [1.82, 2.24) is 5.32 Å². The largest absolute Gasteiger partial charge is 0.389 e. The van der Waals surface area contributed by atoms with Crippen molar-refractivity contribution in [2.75, 3.05) is 13.6 Å². The number of rotatable bonds is 5. The summed E-state index contributed by atoms with van der Waals surface area (Å²) in [7, 11) is 1.94. The zero-order valence-corrected chi connectivity index (χ0v) is 11.6. The molecule has 0 spiro atoms. The van der Waals surface area contributed by atoms with Crippen molar-refractivity contribution >= 4 is 11.6 Å². The van der Waals surface area contributed by atoms with Gasteiger partial charge in [-0.25, -0.2) is 0 Å². The molecule has 96 valence electrons. The lowest BCUT2D eigenvalue weighted by Gasteiger charge is -2.42. The third-order valence-corrected chi connectivity index (χ3v) is 4.58. The van der Waals surface area contributed by atoms with Crippen LogP contribution >= 0.6 is 11.6 Å². The van der Waals surface area contributed by atoms with Crippen molar-refractivity contribution in [1.29, 1.82) is 0 Å². The molecule has 1 unspecified atom stereocenters. The van der Waals surface area contributed by atoms with Gasteiger partial charge in [-0.3, -0.25) is 0 Å². The second-order valence-corrected chi connectivity index (χ2v) is 6.07. The summed E-state index contributed by atoms with van der Waals surface area (Å²) < 4.78 is 0. The summed E-state index contributed by atoms with van der Waals surface area (Å²) in [5.74, 6) is 0.744. The van der Waals surface area contributed by atoms with Crippen LogP contribution in [0, 0.1) is 11.8 Å². The highest BCUT2D eigenvalue weighted by atomic mass is 35.5. The lowest BCUT2D eigenvalue weighted by Crippen LogP contribution is -2.46. The molecule has 3 heteroatoms. The van der Waals surface area contributed by atoms with Gasteiger partial charge in [-0.2, -0.15) is 0 Å². The van der Waals surface area contributed by atoms with Crippen LogP contribution in [-0.4, -0.2) is 29.7 Å². The summed E-state index contributed by atoms with van der Waals surface area (Å²) in [5, 5.41) is 14.3. The molecule has 0 radical (unpaired) electrons. The van der Waals surface area contributed by atoms with E-state index in [4.69, 9.17) is 11.6 Å². The number of aliphatic hydroxyl groups is 1. The first kappa shape index (κ1) is 14.3. The standard InChI is InChI=1S/C13H26ClNO/c1-10(2)13(16,8-9-15-3)11-4-6-12(14)7-5-11/h10-12,15-16H,4-9H2,1-3H3. The van der Waals surface area contributed by atoms with Gasteiger partial charge in [0, 0.05) is 5.38 Å². The van der Waals surface area contributed by atoms with Gasteiger partial charge in [0.15, 0.2) is 0 Å². The molecule has 1 fully saturated rings. The van der Waals surface area contributed by atoms with Crippen molar-refractivity contribution in [3.8, 4) is 0 Å². The van der Waals surface area contributed by atoms with Crippen LogP contribution in [0.1, 0.15) is 46.0 Å². The lowest BCUT2D eigenvalue weighted by molar-refractivity contribution is -0.0758. The molecule has 0 aromatic carbocycles. The third kappa shape index (κ3) is 3.35. The summed E-state index contributed by atoms with van der Waals surface area (Å²) in [6.07, 6.45) is 5.11. The van der Waals surface area contributed by atoms with Crippen LogP contribution in [-0.2, 0) is 0 Å². The Hall–Kier alpha value is 0.210. The van der Waals surface area contributed by atoms with Crippen LogP contribution < -0.4 is 5.32 Å². The fraction of sp³-hybridized carbons (Fsp3) is 1.00. The zero-order valence-electron chi connectivity index (χ0n) is 10.8. The molecule has 0 aromatic heterocycles. The Kier molecular flexibility index (Phi) is 5.55. The Labute approximate surface area is 105 Å². The first-order valence-electron chi connectivity index (χ1n) is 6.51. The summed E-state index contributed by atoms with van der Waals surface area (Å²) in [6, 6.07) is 0. The minimum absolute atomic E-state index is 0.317. The van der Waals surface area contributed by atoms with Crippen LogP contribution in [0.3, 0.4) is 0 Å². The minimum Gasteiger partial charge on any atom is -0.389 e. The fourth-order valence-electron chi connectivity index (χ4n) is 2.84. The van der Waals surface area contributed by atoms with Crippen molar-refractivity contribution < 1.29 is 5.11 Å². The van der Waals surface area contributed by atoms with E-state index in [1.165, 1.54) is 0 Å². The van der Waals surface area contributed by atoms with E-state index in [0.717, 1.165) is 38.6 Å². The maximum Gasteiger partial charge on any atom is 0.0710 e. The molecule has 1 atom stereocenters. The van der Waals surface area contributed by atoms with Gasteiger partial charge in [0.05, 0.1) is 5.60 Å². The maximum absolute atomic E-state index is 10.8. The molecule has 1 rings (SSSR count). The predicted octanol–water partition coefficient (Wildman–Crippen LogP) is 2.78. The molecule has 0 aliphatic heterocycles. The molecule has 1 saturated carbocycles. The second kappa shape index (κ2) is 6.23. The van der Waals surface area contributed by atoms with Gasteiger partial charge in [0.1, 0.15) is 0 Å². The van der Waals surface area contributed by atoms with Gasteiger partial charge in [-0.1, -0.05) is 13.8 Å². The van der Waals surface area contributed by atoms with Gasteiger partial charge in [-0.15, -0.1) is 11.6 Å². The molecule has 0 aromatic rings. The van der Waals surface area contributed by atoms with E-state index in [9.17, 15) is 5.11 Å². The Morgan fingerprint density at radius 1 is 1.31 bits per heavy atom. The van der Waals surface area contributed by atoms with Crippen LogP contribution in [0.5, 0.6) is 0 Å². The topological polar surface area (TPSA) is 32.3 Å². The molecule has 0 heterocycles. The van der Waals surface area contributed by atoms with Gasteiger partial charge >= 0.3 is 0 Å². The Bertz CT molecular complexity index is 202. The normalized spacial score (nSPS) is 30.4. The highest BCUT2D eigenvalue weighted by molar-refractivity contribution is 6.20. The second-order valence-electron chi connectivity index (χ2n) is 5.45. The molecule has 16 heavy (non-hydrogen) atoms.